The van der Waals surface area contributed by atoms with Crippen molar-refractivity contribution in [3.8, 4) is 0 Å². The van der Waals surface area contributed by atoms with Crippen LogP contribution in [0.2, 0.25) is 0 Å². The van der Waals surface area contributed by atoms with E-state index >= 15 is 0 Å². The van der Waals surface area contributed by atoms with Crippen LogP contribution in [0.25, 0.3) is 0 Å². The highest BCUT2D eigenvalue weighted by atomic mass is 16.5. The van der Waals surface area contributed by atoms with Gasteiger partial charge in [-0.05, 0) is 43.9 Å². The van der Waals surface area contributed by atoms with E-state index in [-0.39, 0.29) is 24.3 Å². The van der Waals surface area contributed by atoms with Crippen LogP contribution in [0.3, 0.4) is 0 Å². The van der Waals surface area contributed by atoms with Crippen molar-refractivity contribution in [3.05, 3.63) is 29.3 Å². The van der Waals surface area contributed by atoms with E-state index < -0.39 is 0 Å². The molecule has 0 saturated carbocycles. The molecule has 1 fully saturated rings. The largest absolute Gasteiger partial charge is 0.381 e. The number of hydrogen-bond donors (Lipinski definition) is 2. The van der Waals surface area contributed by atoms with Gasteiger partial charge in [0.05, 0.1) is 6.54 Å². The number of anilines is 1. The van der Waals surface area contributed by atoms with Crippen LogP contribution in [0, 0.1) is 19.8 Å². The van der Waals surface area contributed by atoms with Gasteiger partial charge in [0.1, 0.15) is 0 Å². The predicted octanol–water partition coefficient (Wildman–Crippen LogP) is 1.78. The fourth-order valence-electron chi connectivity index (χ4n) is 2.34. The van der Waals surface area contributed by atoms with E-state index in [0.717, 1.165) is 29.7 Å². The lowest BCUT2D eigenvalue weighted by Crippen LogP contribution is -2.38. The van der Waals surface area contributed by atoms with Crippen molar-refractivity contribution in [2.45, 2.75) is 26.7 Å². The van der Waals surface area contributed by atoms with Crippen LogP contribution in [-0.4, -0.2) is 31.6 Å². The van der Waals surface area contributed by atoms with E-state index in [9.17, 15) is 9.59 Å². The molecule has 0 aromatic heterocycles. The molecule has 2 amide bonds. The molecular weight excluding hydrogens is 268 g/mol. The van der Waals surface area contributed by atoms with E-state index in [4.69, 9.17) is 4.74 Å². The third-order valence-electron chi connectivity index (χ3n) is 3.68. The molecule has 0 atom stereocenters. The molecule has 1 aliphatic heterocycles. The lowest BCUT2D eigenvalue weighted by molar-refractivity contribution is -0.129. The average Bonchev–Trinajstić information content (AvgIpc) is 2.49. The number of carbonyl (C=O) groups excluding carboxylic acids is 2. The van der Waals surface area contributed by atoms with Crippen LogP contribution in [0.4, 0.5) is 5.69 Å². The Morgan fingerprint density at radius 3 is 2.67 bits per heavy atom. The van der Waals surface area contributed by atoms with Gasteiger partial charge in [0, 0.05) is 24.8 Å². The predicted molar refractivity (Wildman–Crippen MR) is 81.1 cm³/mol. The fraction of sp³-hybridized carbons (Fsp3) is 0.500. The molecule has 5 heteroatoms. The molecule has 0 bridgehead atoms. The van der Waals surface area contributed by atoms with Crippen molar-refractivity contribution >= 4 is 17.5 Å². The zero-order valence-electron chi connectivity index (χ0n) is 12.6. The highest BCUT2D eigenvalue weighted by Gasteiger charge is 2.21. The molecule has 21 heavy (non-hydrogen) atoms. The molecule has 2 rings (SSSR count). The van der Waals surface area contributed by atoms with E-state index in [1.807, 2.05) is 32.0 Å². The summed E-state index contributed by atoms with van der Waals surface area (Å²) in [5.74, 6) is -0.300. The van der Waals surface area contributed by atoms with E-state index in [0.29, 0.717) is 13.2 Å². The Kier molecular flexibility index (Phi) is 5.33. The molecule has 1 aromatic carbocycles. The van der Waals surface area contributed by atoms with Gasteiger partial charge in [-0.1, -0.05) is 12.1 Å². The summed E-state index contributed by atoms with van der Waals surface area (Å²) < 4.78 is 5.22. The van der Waals surface area contributed by atoms with Crippen molar-refractivity contribution < 1.29 is 14.3 Å². The number of nitrogens with one attached hydrogen (secondary N) is 2. The first kappa shape index (κ1) is 15.5. The molecule has 114 valence electrons. The first-order chi connectivity index (χ1) is 10.1. The summed E-state index contributed by atoms with van der Waals surface area (Å²) in [6, 6.07) is 5.89. The van der Waals surface area contributed by atoms with Crippen LogP contribution < -0.4 is 10.6 Å². The second-order valence-corrected chi connectivity index (χ2v) is 5.47. The lowest BCUT2D eigenvalue weighted by atomic mass is 9.99. The average molecular weight is 290 g/mol. The molecule has 1 heterocycles. The quantitative estimate of drug-likeness (QED) is 0.888. The first-order valence-corrected chi connectivity index (χ1v) is 7.29. The summed E-state index contributed by atoms with van der Waals surface area (Å²) in [7, 11) is 0. The minimum Gasteiger partial charge on any atom is -0.381 e. The minimum absolute atomic E-state index is 0.00354. The van der Waals surface area contributed by atoms with Crippen molar-refractivity contribution in [3.63, 3.8) is 0 Å². The van der Waals surface area contributed by atoms with Crippen LogP contribution in [0.15, 0.2) is 18.2 Å². The minimum atomic E-state index is -0.205. The van der Waals surface area contributed by atoms with Gasteiger partial charge in [-0.2, -0.15) is 0 Å². The van der Waals surface area contributed by atoms with Gasteiger partial charge in [0.2, 0.25) is 11.8 Å². The van der Waals surface area contributed by atoms with Crippen LogP contribution in [0.5, 0.6) is 0 Å². The van der Waals surface area contributed by atoms with E-state index in [1.54, 1.807) is 0 Å². The van der Waals surface area contributed by atoms with Crippen molar-refractivity contribution in [2.75, 3.05) is 25.1 Å². The Morgan fingerprint density at radius 1 is 1.24 bits per heavy atom. The zero-order chi connectivity index (χ0) is 15.2. The zero-order valence-corrected chi connectivity index (χ0v) is 12.6. The highest BCUT2D eigenvalue weighted by Crippen LogP contribution is 2.16. The number of hydrogen-bond acceptors (Lipinski definition) is 3. The highest BCUT2D eigenvalue weighted by molar-refractivity contribution is 5.95. The maximum atomic E-state index is 11.9. The van der Waals surface area contributed by atoms with Gasteiger partial charge in [-0.25, -0.2) is 0 Å². The number of aryl methyl sites for hydroxylation is 2. The summed E-state index contributed by atoms with van der Waals surface area (Å²) in [5, 5.41) is 5.53. The SMILES string of the molecule is Cc1ccc(C)c(NC(=O)CNC(=O)C2CCOCC2)c1. The Labute approximate surface area is 125 Å². The number of ether oxygens (including phenoxy) is 1. The maximum Gasteiger partial charge on any atom is 0.243 e. The van der Waals surface area contributed by atoms with E-state index in [2.05, 4.69) is 10.6 Å². The van der Waals surface area contributed by atoms with Crippen LogP contribution >= 0.6 is 0 Å². The molecule has 2 N–H and O–H groups in total. The van der Waals surface area contributed by atoms with Crippen molar-refractivity contribution in [1.82, 2.24) is 5.32 Å². The Morgan fingerprint density at radius 2 is 1.95 bits per heavy atom. The molecule has 1 aliphatic rings. The van der Waals surface area contributed by atoms with Crippen LogP contribution in [-0.2, 0) is 14.3 Å². The Balaban J connectivity index is 1.81. The first-order valence-electron chi connectivity index (χ1n) is 7.29. The number of rotatable bonds is 4. The van der Waals surface area contributed by atoms with Gasteiger partial charge in [-0.15, -0.1) is 0 Å². The van der Waals surface area contributed by atoms with E-state index in [1.165, 1.54) is 0 Å². The number of benzene rings is 1. The van der Waals surface area contributed by atoms with Crippen molar-refractivity contribution in [1.29, 1.82) is 0 Å². The maximum absolute atomic E-state index is 11.9. The summed E-state index contributed by atoms with van der Waals surface area (Å²) in [6.45, 7) is 5.15. The molecule has 0 unspecified atom stereocenters. The van der Waals surface area contributed by atoms with Gasteiger partial charge in [0.15, 0.2) is 0 Å². The molecule has 1 saturated heterocycles. The molecular formula is C16H22N2O3. The summed E-state index contributed by atoms with van der Waals surface area (Å²) in [5.41, 5.74) is 2.88. The normalized spacial score (nSPS) is 15.5. The van der Waals surface area contributed by atoms with Crippen LogP contribution in [0.1, 0.15) is 24.0 Å². The van der Waals surface area contributed by atoms with Gasteiger partial charge in [-0.3, -0.25) is 9.59 Å². The van der Waals surface area contributed by atoms with Gasteiger partial charge < -0.3 is 15.4 Å². The topological polar surface area (TPSA) is 67.4 Å². The third kappa shape index (κ3) is 4.56. The fourth-order valence-corrected chi connectivity index (χ4v) is 2.34. The second-order valence-electron chi connectivity index (χ2n) is 5.47. The van der Waals surface area contributed by atoms with Gasteiger partial charge >= 0.3 is 0 Å². The third-order valence-corrected chi connectivity index (χ3v) is 3.68. The van der Waals surface area contributed by atoms with Gasteiger partial charge in [0.25, 0.3) is 0 Å². The molecule has 0 radical (unpaired) electrons. The molecule has 0 spiro atoms. The second kappa shape index (κ2) is 7.22. The summed E-state index contributed by atoms with van der Waals surface area (Å²) >= 11 is 0. The molecule has 5 nitrogen and oxygen atoms in total. The molecule has 1 aromatic rings. The Hall–Kier alpha value is -1.88. The molecule has 0 aliphatic carbocycles. The monoisotopic (exact) mass is 290 g/mol. The number of amides is 2. The smallest absolute Gasteiger partial charge is 0.243 e. The Bertz CT molecular complexity index is 522. The number of carbonyl (C=O) groups is 2. The standard InChI is InChI=1S/C16H22N2O3/c1-11-3-4-12(2)14(9-11)18-15(19)10-17-16(20)13-5-7-21-8-6-13/h3-4,9,13H,5-8,10H2,1-2H3,(H,17,20)(H,18,19). The van der Waals surface area contributed by atoms with Crippen molar-refractivity contribution in [2.24, 2.45) is 5.92 Å². The lowest BCUT2D eigenvalue weighted by Gasteiger charge is -2.21. The summed E-state index contributed by atoms with van der Waals surface area (Å²) in [4.78, 5) is 23.8. The summed E-state index contributed by atoms with van der Waals surface area (Å²) in [6.07, 6.45) is 1.45.